The quantitative estimate of drug-likeness (QED) is 0.631. The number of hydrogen-bond acceptors (Lipinski definition) is 4. The number of hydrazone groups is 1. The highest BCUT2D eigenvalue weighted by molar-refractivity contribution is 9.10. The number of aliphatic imine (C=N–C) groups is 1. The Morgan fingerprint density at radius 1 is 1.04 bits per heavy atom. The van der Waals surface area contributed by atoms with Crippen molar-refractivity contribution in [3.63, 3.8) is 0 Å². The molecule has 1 aliphatic heterocycles. The van der Waals surface area contributed by atoms with Gasteiger partial charge in [-0.3, -0.25) is 5.43 Å². The lowest BCUT2D eigenvalue weighted by atomic mass is 10.0. The first-order valence-electron chi connectivity index (χ1n) is 7.54. The molecule has 1 N–H and O–H groups in total. The molecule has 0 unspecified atom stereocenters. The lowest BCUT2D eigenvalue weighted by molar-refractivity contribution is 1.03. The van der Waals surface area contributed by atoms with E-state index in [1.54, 1.807) is 11.3 Å². The molecule has 0 aliphatic carbocycles. The SMILES string of the molecule is Cc1ccc2c(c1)C(c1cccs1)=NNC(c1ccc(Br)cc1)=N2. The van der Waals surface area contributed by atoms with Gasteiger partial charge in [0.2, 0.25) is 0 Å². The number of hydrogen-bond donors (Lipinski definition) is 1. The Hall–Kier alpha value is -2.24. The van der Waals surface area contributed by atoms with Gasteiger partial charge in [0.05, 0.1) is 10.6 Å². The molecule has 1 aliphatic rings. The predicted molar refractivity (Wildman–Crippen MR) is 105 cm³/mol. The minimum absolute atomic E-state index is 0.749. The van der Waals surface area contributed by atoms with Gasteiger partial charge >= 0.3 is 0 Å². The second-order valence-electron chi connectivity index (χ2n) is 5.54. The van der Waals surface area contributed by atoms with Crippen LogP contribution in [-0.2, 0) is 0 Å². The van der Waals surface area contributed by atoms with Gasteiger partial charge in [-0.2, -0.15) is 5.10 Å². The minimum atomic E-state index is 0.749. The fourth-order valence-electron chi connectivity index (χ4n) is 2.59. The van der Waals surface area contributed by atoms with Crippen molar-refractivity contribution in [1.29, 1.82) is 0 Å². The van der Waals surface area contributed by atoms with Crippen molar-refractivity contribution >= 4 is 44.5 Å². The van der Waals surface area contributed by atoms with Crippen molar-refractivity contribution in [2.24, 2.45) is 10.1 Å². The molecular weight excluding hydrogens is 382 g/mol. The van der Waals surface area contributed by atoms with E-state index in [9.17, 15) is 0 Å². The summed E-state index contributed by atoms with van der Waals surface area (Å²) in [7, 11) is 0. The van der Waals surface area contributed by atoms with Gasteiger partial charge in [0.1, 0.15) is 5.71 Å². The van der Waals surface area contributed by atoms with Crippen molar-refractivity contribution in [1.82, 2.24) is 5.43 Å². The number of nitrogens with one attached hydrogen (secondary N) is 1. The third kappa shape index (κ3) is 2.92. The number of halogens is 1. The van der Waals surface area contributed by atoms with E-state index in [0.29, 0.717) is 0 Å². The van der Waals surface area contributed by atoms with E-state index in [0.717, 1.165) is 37.7 Å². The summed E-state index contributed by atoms with van der Waals surface area (Å²) in [5.74, 6) is 0.749. The summed E-state index contributed by atoms with van der Waals surface area (Å²) in [6, 6.07) is 18.5. The van der Waals surface area contributed by atoms with E-state index in [1.165, 1.54) is 5.56 Å². The Labute approximate surface area is 152 Å². The van der Waals surface area contributed by atoms with Crippen molar-refractivity contribution in [3.05, 3.63) is 86.0 Å². The number of fused-ring (bicyclic) bond motifs is 1. The molecule has 0 saturated carbocycles. The van der Waals surface area contributed by atoms with Crippen molar-refractivity contribution < 1.29 is 0 Å². The molecule has 2 aromatic carbocycles. The largest absolute Gasteiger partial charge is 0.260 e. The van der Waals surface area contributed by atoms with Gasteiger partial charge in [-0.1, -0.05) is 45.8 Å². The maximum Gasteiger partial charge on any atom is 0.154 e. The molecule has 0 fully saturated rings. The molecule has 0 amide bonds. The summed E-state index contributed by atoms with van der Waals surface area (Å²) in [4.78, 5) is 5.95. The Bertz CT molecular complexity index is 941. The van der Waals surface area contributed by atoms with Gasteiger partial charge in [0, 0.05) is 15.6 Å². The van der Waals surface area contributed by atoms with E-state index < -0.39 is 0 Å². The molecule has 2 heterocycles. The van der Waals surface area contributed by atoms with Gasteiger partial charge in [0.15, 0.2) is 5.84 Å². The second kappa shape index (κ2) is 6.34. The average Bonchev–Trinajstić information content (AvgIpc) is 3.04. The number of nitrogens with zero attached hydrogens (tertiary/aromatic N) is 2. The van der Waals surface area contributed by atoms with Crippen molar-refractivity contribution in [3.8, 4) is 0 Å². The van der Waals surface area contributed by atoms with Crippen LogP contribution in [0.1, 0.15) is 21.6 Å². The van der Waals surface area contributed by atoms with E-state index in [4.69, 9.17) is 4.99 Å². The lowest BCUT2D eigenvalue weighted by Crippen LogP contribution is -2.19. The molecule has 5 heteroatoms. The maximum absolute atomic E-state index is 4.82. The highest BCUT2D eigenvalue weighted by Gasteiger charge is 2.18. The van der Waals surface area contributed by atoms with Crippen molar-refractivity contribution in [2.45, 2.75) is 6.92 Å². The van der Waals surface area contributed by atoms with Crippen LogP contribution in [-0.4, -0.2) is 11.5 Å². The zero-order valence-electron chi connectivity index (χ0n) is 13.0. The molecule has 3 aromatic rings. The smallest absolute Gasteiger partial charge is 0.154 e. The monoisotopic (exact) mass is 395 g/mol. The highest BCUT2D eigenvalue weighted by atomic mass is 79.9. The average molecular weight is 396 g/mol. The first-order chi connectivity index (χ1) is 11.7. The molecule has 0 radical (unpaired) electrons. The second-order valence-corrected chi connectivity index (χ2v) is 7.40. The Morgan fingerprint density at radius 3 is 2.62 bits per heavy atom. The third-order valence-electron chi connectivity index (χ3n) is 3.79. The Morgan fingerprint density at radius 2 is 1.88 bits per heavy atom. The number of thiophene rings is 1. The summed E-state index contributed by atoms with van der Waals surface area (Å²) < 4.78 is 1.04. The van der Waals surface area contributed by atoms with Crippen LogP contribution in [0.5, 0.6) is 0 Å². The zero-order chi connectivity index (χ0) is 16.5. The van der Waals surface area contributed by atoms with Crippen LogP contribution in [0.4, 0.5) is 5.69 Å². The van der Waals surface area contributed by atoms with Gasteiger partial charge in [-0.25, -0.2) is 4.99 Å². The maximum atomic E-state index is 4.82. The minimum Gasteiger partial charge on any atom is -0.260 e. The predicted octanol–water partition coefficient (Wildman–Crippen LogP) is 5.25. The first-order valence-corrected chi connectivity index (χ1v) is 9.21. The van der Waals surface area contributed by atoms with Crippen LogP contribution in [0.15, 0.2) is 74.5 Å². The van der Waals surface area contributed by atoms with E-state index in [2.05, 4.69) is 63.0 Å². The molecule has 0 saturated heterocycles. The van der Waals surface area contributed by atoms with Crippen LogP contribution in [0.3, 0.4) is 0 Å². The molecule has 4 rings (SSSR count). The molecule has 24 heavy (non-hydrogen) atoms. The van der Waals surface area contributed by atoms with E-state index in [1.807, 2.05) is 30.3 Å². The molecule has 0 atom stereocenters. The number of amidine groups is 1. The summed E-state index contributed by atoms with van der Waals surface area (Å²) in [6.07, 6.45) is 0. The summed E-state index contributed by atoms with van der Waals surface area (Å²) in [6.45, 7) is 2.09. The molecular formula is C19H14BrN3S. The standard InChI is InChI=1S/C19H14BrN3S/c1-12-4-9-16-15(11-12)18(17-3-2-10-24-17)22-23-19(21-16)13-5-7-14(20)8-6-13/h2-11H,1H3,(H,21,23). The van der Waals surface area contributed by atoms with Gasteiger partial charge in [0.25, 0.3) is 0 Å². The molecule has 0 spiro atoms. The Balaban J connectivity index is 1.87. The van der Waals surface area contributed by atoms with Crippen LogP contribution in [0, 0.1) is 6.92 Å². The van der Waals surface area contributed by atoms with Crippen LogP contribution in [0.2, 0.25) is 0 Å². The topological polar surface area (TPSA) is 36.8 Å². The van der Waals surface area contributed by atoms with Crippen molar-refractivity contribution in [2.75, 3.05) is 0 Å². The normalized spacial score (nSPS) is 13.4. The molecule has 118 valence electrons. The van der Waals surface area contributed by atoms with Gasteiger partial charge in [-0.15, -0.1) is 11.3 Å². The zero-order valence-corrected chi connectivity index (χ0v) is 15.4. The van der Waals surface area contributed by atoms with Gasteiger partial charge < -0.3 is 0 Å². The first kappa shape index (κ1) is 15.3. The van der Waals surface area contributed by atoms with Crippen LogP contribution < -0.4 is 5.43 Å². The number of aryl methyl sites for hydroxylation is 1. The fourth-order valence-corrected chi connectivity index (χ4v) is 3.58. The highest BCUT2D eigenvalue weighted by Crippen LogP contribution is 2.28. The molecule has 1 aromatic heterocycles. The number of rotatable bonds is 2. The summed E-state index contributed by atoms with van der Waals surface area (Å²) in [5, 5.41) is 6.73. The van der Waals surface area contributed by atoms with Crippen LogP contribution in [0.25, 0.3) is 0 Å². The molecule has 0 bridgehead atoms. The Kier molecular flexibility index (Phi) is 4.04. The fraction of sp³-hybridized carbons (Fsp3) is 0.0526. The lowest BCUT2D eigenvalue weighted by Gasteiger charge is -2.06. The van der Waals surface area contributed by atoms with E-state index in [-0.39, 0.29) is 0 Å². The van der Waals surface area contributed by atoms with Gasteiger partial charge in [-0.05, 0) is 42.6 Å². The summed E-state index contributed by atoms with van der Waals surface area (Å²) in [5.41, 5.74) is 8.26. The van der Waals surface area contributed by atoms with Crippen LogP contribution >= 0.6 is 27.3 Å². The third-order valence-corrected chi connectivity index (χ3v) is 5.19. The summed E-state index contributed by atoms with van der Waals surface area (Å²) >= 11 is 5.15. The number of benzene rings is 2. The molecule has 3 nitrogen and oxygen atoms in total. The van der Waals surface area contributed by atoms with E-state index >= 15 is 0 Å².